The number of hydrogen-bond acceptors (Lipinski definition) is 5. The van der Waals surface area contributed by atoms with Gasteiger partial charge in [0.05, 0.1) is 6.61 Å². The molecular weight excluding hydrogens is 272 g/mol. The zero-order valence-corrected chi connectivity index (χ0v) is 13.0. The van der Waals surface area contributed by atoms with Crippen LogP contribution in [0.3, 0.4) is 0 Å². The topological polar surface area (TPSA) is 49.5 Å². The van der Waals surface area contributed by atoms with Gasteiger partial charge >= 0.3 is 0 Å². The van der Waals surface area contributed by atoms with Crippen LogP contribution >= 0.6 is 0 Å². The minimum atomic E-state index is -0.830. The highest BCUT2D eigenvalue weighted by atomic mass is 16.8. The lowest BCUT2D eigenvalue weighted by Crippen LogP contribution is -2.34. The van der Waals surface area contributed by atoms with Gasteiger partial charge in [-0.1, -0.05) is 11.8 Å². The minimum absolute atomic E-state index is 0.311. The van der Waals surface area contributed by atoms with Crippen LogP contribution in [0, 0.1) is 24.2 Å². The Morgan fingerprint density at radius 1 is 1.24 bits per heavy atom. The van der Waals surface area contributed by atoms with Gasteiger partial charge < -0.3 is 23.7 Å². The Labute approximate surface area is 126 Å². The zero-order chi connectivity index (χ0) is 15.5. The van der Waals surface area contributed by atoms with E-state index in [1.54, 1.807) is 0 Å². The molecule has 2 aliphatic rings. The van der Waals surface area contributed by atoms with E-state index in [0.717, 1.165) is 0 Å². The fraction of sp³-hybridized carbons (Fsp3) is 0.750. The van der Waals surface area contributed by atoms with Crippen molar-refractivity contribution in [2.24, 2.45) is 0 Å². The molecule has 0 aromatic rings. The molecule has 0 aromatic carbocycles. The molecule has 2 fully saturated rings. The second-order valence-corrected chi connectivity index (χ2v) is 5.28. The fourth-order valence-corrected chi connectivity index (χ4v) is 2.22. The van der Waals surface area contributed by atoms with E-state index in [2.05, 4.69) is 17.8 Å². The molecule has 2 saturated heterocycles. The van der Waals surface area contributed by atoms with Crippen LogP contribution in [-0.2, 0) is 23.7 Å². The van der Waals surface area contributed by atoms with Crippen molar-refractivity contribution < 1.29 is 23.7 Å². The van der Waals surface area contributed by atoms with Gasteiger partial charge in [-0.2, -0.15) is 0 Å². The lowest BCUT2D eigenvalue weighted by Gasteiger charge is -2.18. The predicted octanol–water partition coefficient (Wildman–Crippen LogP) is 1.31. The van der Waals surface area contributed by atoms with Crippen molar-refractivity contribution in [3.05, 3.63) is 0 Å². The van der Waals surface area contributed by atoms with E-state index >= 15 is 0 Å². The second kappa shape index (κ2) is 6.36. The molecule has 0 unspecified atom stereocenters. The first-order chi connectivity index (χ1) is 9.97. The standard InChI is InChI=1S/C16H22O5/c1-6-16(13-11-19-15(4,5)20-13)12(21-16)9-10-14(17-7-2)18-8-3/h1,12-14H,7-8,11H2,2-5H3/t12-,13-,16+/m1/s1. The SMILES string of the molecule is C#C[C@]1([C@H]2COC(C)(C)O2)O[C@@H]1C#CC(OCC)OCC. The average molecular weight is 294 g/mol. The van der Waals surface area contributed by atoms with Gasteiger partial charge in [0.1, 0.15) is 6.10 Å². The number of hydrogen-bond donors (Lipinski definition) is 0. The quantitative estimate of drug-likeness (QED) is 0.435. The monoisotopic (exact) mass is 294 g/mol. The third-order valence-electron chi connectivity index (χ3n) is 3.33. The molecule has 21 heavy (non-hydrogen) atoms. The Kier molecular flexibility index (Phi) is 4.93. The molecule has 116 valence electrons. The van der Waals surface area contributed by atoms with E-state index in [1.165, 1.54) is 0 Å². The second-order valence-electron chi connectivity index (χ2n) is 5.28. The number of epoxide rings is 1. The van der Waals surface area contributed by atoms with Gasteiger partial charge in [-0.05, 0) is 33.6 Å². The van der Waals surface area contributed by atoms with Crippen LogP contribution in [0.25, 0.3) is 0 Å². The highest BCUT2D eigenvalue weighted by Gasteiger charge is 2.64. The number of terminal acetylenes is 1. The van der Waals surface area contributed by atoms with Crippen molar-refractivity contribution >= 4 is 0 Å². The summed E-state index contributed by atoms with van der Waals surface area (Å²) in [6.45, 7) is 8.92. The molecule has 2 aliphatic heterocycles. The van der Waals surface area contributed by atoms with E-state index in [0.29, 0.717) is 19.8 Å². The molecule has 0 spiro atoms. The Bertz CT molecular complexity index is 463. The first-order valence-electron chi connectivity index (χ1n) is 7.19. The normalized spacial score (nSPS) is 33.3. The summed E-state index contributed by atoms with van der Waals surface area (Å²) >= 11 is 0. The molecule has 0 N–H and O–H groups in total. The van der Waals surface area contributed by atoms with Crippen LogP contribution in [0.1, 0.15) is 27.7 Å². The number of rotatable bonds is 5. The van der Waals surface area contributed by atoms with Crippen molar-refractivity contribution in [2.75, 3.05) is 19.8 Å². The van der Waals surface area contributed by atoms with Gasteiger partial charge in [0.15, 0.2) is 17.5 Å². The summed E-state index contributed by atoms with van der Waals surface area (Å²) in [5.74, 6) is 7.89. The molecule has 2 heterocycles. The maximum Gasteiger partial charge on any atom is 0.222 e. The first kappa shape index (κ1) is 16.3. The van der Waals surface area contributed by atoms with Gasteiger partial charge in [-0.15, -0.1) is 6.42 Å². The largest absolute Gasteiger partial charge is 0.348 e. The summed E-state index contributed by atoms with van der Waals surface area (Å²) in [5.41, 5.74) is -0.830. The van der Waals surface area contributed by atoms with E-state index in [1.807, 2.05) is 27.7 Å². The summed E-state index contributed by atoms with van der Waals surface area (Å²) in [5, 5.41) is 0. The fourth-order valence-electron chi connectivity index (χ4n) is 2.22. The Hall–Kier alpha value is -1.08. The molecule has 3 atom stereocenters. The van der Waals surface area contributed by atoms with Crippen molar-refractivity contribution in [1.29, 1.82) is 0 Å². The van der Waals surface area contributed by atoms with Gasteiger partial charge in [-0.25, -0.2) is 0 Å². The van der Waals surface area contributed by atoms with E-state index < -0.39 is 17.7 Å². The van der Waals surface area contributed by atoms with E-state index in [-0.39, 0.29) is 12.2 Å². The molecule has 0 saturated carbocycles. The third kappa shape index (κ3) is 3.58. The van der Waals surface area contributed by atoms with Crippen molar-refractivity contribution in [1.82, 2.24) is 0 Å². The van der Waals surface area contributed by atoms with Crippen LogP contribution in [0.2, 0.25) is 0 Å². The highest BCUT2D eigenvalue weighted by molar-refractivity contribution is 5.35. The molecule has 0 bridgehead atoms. The van der Waals surface area contributed by atoms with Crippen LogP contribution in [-0.4, -0.2) is 49.7 Å². The van der Waals surface area contributed by atoms with Gasteiger partial charge in [-0.3, -0.25) is 0 Å². The van der Waals surface area contributed by atoms with E-state index in [4.69, 9.17) is 30.1 Å². The smallest absolute Gasteiger partial charge is 0.222 e. The molecule has 0 aromatic heterocycles. The van der Waals surface area contributed by atoms with E-state index in [9.17, 15) is 0 Å². The van der Waals surface area contributed by atoms with Crippen LogP contribution in [0.5, 0.6) is 0 Å². The minimum Gasteiger partial charge on any atom is -0.348 e. The van der Waals surface area contributed by atoms with Crippen LogP contribution in [0.15, 0.2) is 0 Å². The molecular formula is C16H22O5. The van der Waals surface area contributed by atoms with Crippen molar-refractivity contribution in [2.45, 2.75) is 57.6 Å². The summed E-state index contributed by atoms with van der Waals surface area (Å²) in [6.07, 6.45) is 4.36. The molecule has 0 amide bonds. The Morgan fingerprint density at radius 2 is 1.90 bits per heavy atom. The van der Waals surface area contributed by atoms with Gasteiger partial charge in [0.25, 0.3) is 0 Å². The molecule has 0 aliphatic carbocycles. The maximum atomic E-state index is 5.78. The van der Waals surface area contributed by atoms with Crippen molar-refractivity contribution in [3.63, 3.8) is 0 Å². The zero-order valence-electron chi connectivity index (χ0n) is 13.0. The lowest BCUT2D eigenvalue weighted by atomic mass is 10.00. The average Bonchev–Trinajstić information content (AvgIpc) is 3.05. The highest BCUT2D eigenvalue weighted by Crippen LogP contribution is 2.44. The molecule has 2 rings (SSSR count). The van der Waals surface area contributed by atoms with Crippen LogP contribution in [0.4, 0.5) is 0 Å². The predicted molar refractivity (Wildman–Crippen MR) is 76.2 cm³/mol. The van der Waals surface area contributed by atoms with Crippen LogP contribution < -0.4 is 0 Å². The lowest BCUT2D eigenvalue weighted by molar-refractivity contribution is -0.143. The van der Waals surface area contributed by atoms with Gasteiger partial charge in [0.2, 0.25) is 6.29 Å². The summed E-state index contributed by atoms with van der Waals surface area (Å²) in [7, 11) is 0. The van der Waals surface area contributed by atoms with Crippen molar-refractivity contribution in [3.8, 4) is 24.2 Å². The number of ether oxygens (including phenoxy) is 5. The Balaban J connectivity index is 2.00. The molecule has 5 nitrogen and oxygen atoms in total. The molecule has 0 radical (unpaired) electrons. The third-order valence-corrected chi connectivity index (χ3v) is 3.33. The van der Waals surface area contributed by atoms with Gasteiger partial charge in [0, 0.05) is 13.2 Å². The summed E-state index contributed by atoms with van der Waals surface area (Å²) < 4.78 is 27.7. The summed E-state index contributed by atoms with van der Waals surface area (Å²) in [4.78, 5) is 0. The molecule has 5 heteroatoms. The summed E-state index contributed by atoms with van der Waals surface area (Å²) in [6, 6.07) is 0. The Morgan fingerprint density at radius 3 is 2.38 bits per heavy atom. The first-order valence-corrected chi connectivity index (χ1v) is 7.19. The maximum absolute atomic E-state index is 5.78.